The minimum absolute atomic E-state index is 0.0804. The van der Waals surface area contributed by atoms with Gasteiger partial charge in [-0.2, -0.15) is 0 Å². The van der Waals surface area contributed by atoms with Gasteiger partial charge in [0.15, 0.2) is 0 Å². The zero-order valence-corrected chi connectivity index (χ0v) is 40.0. The van der Waals surface area contributed by atoms with E-state index >= 15 is 0 Å². The zero-order valence-electron chi connectivity index (χ0n) is 40.0. The Kier molecular flexibility index (Phi) is 11.2. The lowest BCUT2D eigenvalue weighted by molar-refractivity contribution is 0.446. The summed E-state index contributed by atoms with van der Waals surface area (Å²) in [6, 6.07) is 47.1. The van der Waals surface area contributed by atoms with Gasteiger partial charge in [-0.15, -0.1) is 0 Å². The Morgan fingerprint density at radius 3 is 1.72 bits per heavy atom. The van der Waals surface area contributed by atoms with Crippen molar-refractivity contribution in [3.05, 3.63) is 162 Å². The maximum atomic E-state index is 12.5. The van der Waals surface area contributed by atoms with Gasteiger partial charge in [0, 0.05) is 29.9 Å². The second-order valence-corrected chi connectivity index (χ2v) is 21.4. The molecule has 0 aliphatic heterocycles. The van der Waals surface area contributed by atoms with E-state index in [1.54, 1.807) is 0 Å². The molecule has 0 radical (unpaired) electrons. The Morgan fingerprint density at radius 2 is 1.09 bits per heavy atom. The summed E-state index contributed by atoms with van der Waals surface area (Å²) < 4.78 is 2.27. The van der Waals surface area contributed by atoms with Crippen LogP contribution < -0.4 is 4.90 Å². The molecular formula is C58H63N5O. The van der Waals surface area contributed by atoms with Crippen molar-refractivity contribution in [2.75, 3.05) is 11.9 Å². The molecule has 0 saturated heterocycles. The zero-order chi connectivity index (χ0) is 45.9. The van der Waals surface area contributed by atoms with Crippen LogP contribution in [0.2, 0.25) is 0 Å². The molecule has 6 nitrogen and oxygen atoms in total. The van der Waals surface area contributed by atoms with Crippen LogP contribution in [0.1, 0.15) is 105 Å². The van der Waals surface area contributed by atoms with Gasteiger partial charge in [-0.05, 0) is 104 Å². The molecule has 0 saturated carbocycles. The number of phenols is 1. The summed E-state index contributed by atoms with van der Waals surface area (Å²) in [4.78, 5) is 18.0. The highest BCUT2D eigenvalue weighted by atomic mass is 16.3. The van der Waals surface area contributed by atoms with Crippen molar-refractivity contribution < 1.29 is 5.11 Å². The first-order valence-corrected chi connectivity index (χ1v) is 22.5. The second kappa shape index (κ2) is 16.2. The van der Waals surface area contributed by atoms with Crippen molar-refractivity contribution in [3.8, 4) is 56.3 Å². The number of fused-ring (bicyclic) bond motifs is 1. The number of phenolic OH excluding ortho intramolecular Hbond substituents is 1. The third kappa shape index (κ3) is 8.58. The lowest BCUT2D eigenvalue weighted by Crippen LogP contribution is -2.17. The van der Waals surface area contributed by atoms with Crippen molar-refractivity contribution in [2.45, 2.75) is 105 Å². The van der Waals surface area contributed by atoms with Gasteiger partial charge in [-0.1, -0.05) is 168 Å². The summed E-state index contributed by atoms with van der Waals surface area (Å²) >= 11 is 0. The minimum atomic E-state index is -0.332. The lowest BCUT2D eigenvalue weighted by atomic mass is 9.79. The van der Waals surface area contributed by atoms with E-state index in [4.69, 9.17) is 15.0 Å². The van der Waals surface area contributed by atoms with E-state index in [0.717, 1.165) is 78.6 Å². The van der Waals surface area contributed by atoms with Crippen LogP contribution in [0.3, 0.4) is 0 Å². The number of hydrogen-bond acceptors (Lipinski definition) is 5. The topological polar surface area (TPSA) is 67.1 Å². The van der Waals surface area contributed by atoms with Crippen molar-refractivity contribution in [1.29, 1.82) is 0 Å². The van der Waals surface area contributed by atoms with Gasteiger partial charge in [-0.25, -0.2) is 15.0 Å². The molecule has 0 spiro atoms. The average molecular weight is 846 g/mol. The van der Waals surface area contributed by atoms with Gasteiger partial charge in [0.1, 0.15) is 23.2 Å². The number of nitrogens with zero attached hydrogens (tertiary/aromatic N) is 5. The Labute approximate surface area is 380 Å². The number of para-hydroxylation sites is 1. The maximum Gasteiger partial charge on any atom is 0.149 e. The Morgan fingerprint density at radius 1 is 0.484 bits per heavy atom. The van der Waals surface area contributed by atoms with Crippen molar-refractivity contribution in [2.24, 2.45) is 0 Å². The molecule has 64 heavy (non-hydrogen) atoms. The molecule has 6 heteroatoms. The first kappa shape index (κ1) is 44.1. The van der Waals surface area contributed by atoms with E-state index < -0.39 is 0 Å². The van der Waals surface area contributed by atoms with Crippen LogP contribution >= 0.6 is 0 Å². The van der Waals surface area contributed by atoms with E-state index in [0.29, 0.717) is 11.4 Å². The Hall–Kier alpha value is -6.53. The molecule has 3 aromatic heterocycles. The third-order valence-corrected chi connectivity index (χ3v) is 12.4. The maximum absolute atomic E-state index is 12.5. The van der Waals surface area contributed by atoms with Crippen LogP contribution in [0.4, 0.5) is 11.6 Å². The van der Waals surface area contributed by atoms with Crippen molar-refractivity contribution in [3.63, 3.8) is 0 Å². The normalized spacial score (nSPS) is 12.5. The molecule has 326 valence electrons. The molecule has 0 aliphatic rings. The summed E-state index contributed by atoms with van der Waals surface area (Å²) in [5.74, 6) is 2.49. The number of benzene rings is 5. The molecule has 1 N–H and O–H groups in total. The third-order valence-electron chi connectivity index (χ3n) is 12.4. The first-order chi connectivity index (χ1) is 30.1. The van der Waals surface area contributed by atoms with Gasteiger partial charge in [-0.3, -0.25) is 4.57 Å². The van der Waals surface area contributed by atoms with Crippen LogP contribution in [0.5, 0.6) is 5.75 Å². The second-order valence-electron chi connectivity index (χ2n) is 21.4. The molecule has 3 heterocycles. The predicted octanol–water partition coefficient (Wildman–Crippen LogP) is 15.1. The molecule has 0 unspecified atom stereocenters. The Balaban J connectivity index is 1.44. The fraction of sp³-hybridized carbons (Fsp3) is 0.293. The van der Waals surface area contributed by atoms with E-state index in [2.05, 4.69) is 214 Å². The smallest absolute Gasteiger partial charge is 0.149 e. The SMILES string of the molecule is CN(c1cc(-c2ccccc2)ccn1)c1cc(C(C)(C)C)cc(-c2cccc3c2nc(-c2cc(C(C)(C)C)cc(C(C)(C)C)c2O)n3-c2ccc(C(C)(C)C)cc2-c2ccccc2)n1. The van der Waals surface area contributed by atoms with E-state index in [1.807, 2.05) is 25.4 Å². The van der Waals surface area contributed by atoms with Crippen LogP contribution in [0.25, 0.3) is 61.6 Å². The summed E-state index contributed by atoms with van der Waals surface area (Å²) in [6.07, 6.45) is 1.87. The van der Waals surface area contributed by atoms with Crippen LogP contribution in [0, 0.1) is 0 Å². The molecule has 5 aromatic carbocycles. The fourth-order valence-electron chi connectivity index (χ4n) is 8.37. The predicted molar refractivity (Wildman–Crippen MR) is 269 cm³/mol. The summed E-state index contributed by atoms with van der Waals surface area (Å²) in [6.45, 7) is 26.6. The van der Waals surface area contributed by atoms with Gasteiger partial charge in [0.25, 0.3) is 0 Å². The van der Waals surface area contributed by atoms with Crippen molar-refractivity contribution in [1.82, 2.24) is 19.5 Å². The number of aromatic hydroxyl groups is 1. The molecule has 0 bridgehead atoms. The standard InChI is InChI=1S/C58H63N5O/c1-55(2,3)40-27-28-48(44(32-40)38-23-18-15-19-24-38)63-49-26-20-25-43(52(49)61-54(63)45-33-41(56(4,5)6)34-46(53(45)64)58(10,11)12)47-35-42(57(7,8)9)36-51(60-47)62(13)50-31-39(29-30-59-50)37-21-16-14-17-22-37/h14-36,64H,1-13H3. The number of rotatable bonds is 7. The molecule has 0 amide bonds. The molecule has 8 rings (SSSR count). The number of anilines is 2. The minimum Gasteiger partial charge on any atom is -0.507 e. The average Bonchev–Trinajstić information content (AvgIpc) is 3.64. The largest absolute Gasteiger partial charge is 0.507 e. The number of pyridine rings is 2. The quantitative estimate of drug-likeness (QED) is 0.173. The summed E-state index contributed by atoms with van der Waals surface area (Å²) in [7, 11) is 2.03. The molecular weight excluding hydrogens is 783 g/mol. The highest BCUT2D eigenvalue weighted by molar-refractivity contribution is 5.97. The van der Waals surface area contributed by atoms with Gasteiger partial charge in [0.2, 0.25) is 0 Å². The monoisotopic (exact) mass is 846 g/mol. The molecule has 0 fully saturated rings. The van der Waals surface area contributed by atoms with Crippen molar-refractivity contribution >= 4 is 22.7 Å². The molecule has 0 aliphatic carbocycles. The van der Waals surface area contributed by atoms with Gasteiger partial charge >= 0.3 is 0 Å². The summed E-state index contributed by atoms with van der Waals surface area (Å²) in [5.41, 5.74) is 13.1. The van der Waals surface area contributed by atoms with Gasteiger partial charge < -0.3 is 10.0 Å². The molecule has 0 atom stereocenters. The number of hydrogen-bond donors (Lipinski definition) is 1. The number of imidazole rings is 1. The van der Waals surface area contributed by atoms with E-state index in [-0.39, 0.29) is 27.4 Å². The highest BCUT2D eigenvalue weighted by Crippen LogP contribution is 2.46. The lowest BCUT2D eigenvalue weighted by Gasteiger charge is -2.28. The fourth-order valence-corrected chi connectivity index (χ4v) is 8.37. The highest BCUT2D eigenvalue weighted by Gasteiger charge is 2.30. The van der Waals surface area contributed by atoms with E-state index in [9.17, 15) is 5.11 Å². The van der Waals surface area contributed by atoms with Crippen LogP contribution in [0.15, 0.2) is 140 Å². The Bertz CT molecular complexity index is 2990. The summed E-state index contributed by atoms with van der Waals surface area (Å²) in [5, 5.41) is 12.5. The molecule has 8 aromatic rings. The van der Waals surface area contributed by atoms with Gasteiger partial charge in [0.05, 0.1) is 28.0 Å². The van der Waals surface area contributed by atoms with Crippen LogP contribution in [-0.4, -0.2) is 31.7 Å². The first-order valence-electron chi connectivity index (χ1n) is 22.5. The van der Waals surface area contributed by atoms with E-state index in [1.165, 1.54) is 5.56 Å². The number of aromatic nitrogens is 4. The van der Waals surface area contributed by atoms with Crippen LogP contribution in [-0.2, 0) is 21.7 Å².